The Balaban J connectivity index is 2.93. The number of aromatic nitrogens is 2. The van der Waals surface area contributed by atoms with Gasteiger partial charge < -0.3 is 15.4 Å². The maximum absolute atomic E-state index is 12.7. The molecule has 1 rings (SSSR count). The minimum atomic E-state index is -0.339. The van der Waals surface area contributed by atoms with Crippen LogP contribution in [0.2, 0.25) is 0 Å². The number of methoxy groups -OCH3 is 1. The van der Waals surface area contributed by atoms with Crippen LogP contribution in [-0.4, -0.2) is 46.8 Å². The third-order valence-electron chi connectivity index (χ3n) is 3.06. The maximum Gasteiger partial charge on any atom is 0.307 e. The molecular weight excluding hydrogens is 272 g/mol. The van der Waals surface area contributed by atoms with E-state index in [1.165, 1.54) is 13.3 Å². The molecule has 0 saturated carbocycles. The molecule has 2 N–H and O–H groups in total. The highest BCUT2D eigenvalue weighted by molar-refractivity contribution is 5.97. The van der Waals surface area contributed by atoms with Crippen LogP contribution in [0.15, 0.2) is 6.20 Å². The van der Waals surface area contributed by atoms with Crippen LogP contribution in [0.3, 0.4) is 0 Å². The molecule has 0 atom stereocenters. The molecule has 0 aliphatic carbocycles. The number of carbonyl (C=O) groups is 2. The van der Waals surface area contributed by atoms with E-state index in [4.69, 9.17) is 5.73 Å². The van der Waals surface area contributed by atoms with E-state index >= 15 is 0 Å². The number of amides is 1. The summed E-state index contributed by atoms with van der Waals surface area (Å²) in [5.41, 5.74) is 6.58. The van der Waals surface area contributed by atoms with Crippen LogP contribution in [-0.2, 0) is 16.1 Å². The van der Waals surface area contributed by atoms with Gasteiger partial charge in [0.2, 0.25) is 0 Å². The van der Waals surface area contributed by atoms with Gasteiger partial charge in [0.05, 0.1) is 25.4 Å². The van der Waals surface area contributed by atoms with Gasteiger partial charge in [-0.2, -0.15) is 5.10 Å². The van der Waals surface area contributed by atoms with Crippen LogP contribution in [0, 0.1) is 5.92 Å². The van der Waals surface area contributed by atoms with Crippen LogP contribution in [0.1, 0.15) is 37.7 Å². The first-order chi connectivity index (χ1) is 9.90. The molecule has 0 aliphatic rings. The molecule has 0 spiro atoms. The number of nitrogens with zero attached hydrogens (tertiary/aromatic N) is 3. The molecule has 7 nitrogen and oxygen atoms in total. The number of ether oxygens (including phenoxy) is 1. The second-order valence-corrected chi connectivity index (χ2v) is 5.24. The first kappa shape index (κ1) is 17.0. The Labute approximate surface area is 125 Å². The topological polar surface area (TPSA) is 90.5 Å². The zero-order valence-corrected chi connectivity index (χ0v) is 13.1. The highest BCUT2D eigenvalue weighted by Crippen LogP contribution is 2.15. The van der Waals surface area contributed by atoms with Gasteiger partial charge in [-0.15, -0.1) is 0 Å². The number of hydrogen-bond acceptors (Lipinski definition) is 5. The molecule has 1 amide bonds. The molecule has 0 fully saturated rings. The fraction of sp³-hybridized carbons (Fsp3) is 0.643. The number of nitrogens with two attached hydrogens (primary N) is 1. The average molecular weight is 296 g/mol. The normalized spacial score (nSPS) is 10.7. The van der Waals surface area contributed by atoms with Crippen molar-refractivity contribution in [1.29, 1.82) is 0 Å². The van der Waals surface area contributed by atoms with Gasteiger partial charge in [-0.1, -0.05) is 13.8 Å². The molecule has 21 heavy (non-hydrogen) atoms. The number of carbonyl (C=O) groups excluding carboxylic acids is 2. The molecule has 1 aromatic rings. The van der Waals surface area contributed by atoms with Gasteiger partial charge in [-0.05, 0) is 12.8 Å². The third kappa shape index (κ3) is 4.47. The number of nitrogen functional groups attached to an aromatic ring is 1. The van der Waals surface area contributed by atoms with Crippen molar-refractivity contribution in [2.75, 3.05) is 25.9 Å². The van der Waals surface area contributed by atoms with Crippen molar-refractivity contribution in [3.63, 3.8) is 0 Å². The predicted octanol–water partition coefficient (Wildman–Crippen LogP) is 1.15. The molecule has 0 aliphatic heterocycles. The lowest BCUT2D eigenvalue weighted by atomic mass is 10.2. The van der Waals surface area contributed by atoms with Gasteiger partial charge in [0.15, 0.2) is 0 Å². The summed E-state index contributed by atoms with van der Waals surface area (Å²) >= 11 is 0. The molecular formula is C14H24N4O3. The first-order valence-corrected chi connectivity index (χ1v) is 7.08. The number of aryl methyl sites for hydroxylation is 1. The van der Waals surface area contributed by atoms with Crippen LogP contribution in [0.4, 0.5) is 5.69 Å². The molecule has 118 valence electrons. The van der Waals surface area contributed by atoms with E-state index < -0.39 is 0 Å². The van der Waals surface area contributed by atoms with Gasteiger partial charge in [-0.3, -0.25) is 14.3 Å². The molecule has 0 radical (unpaired) electrons. The Hall–Kier alpha value is -2.05. The number of hydrogen-bond donors (Lipinski definition) is 1. The predicted molar refractivity (Wildman–Crippen MR) is 79.7 cm³/mol. The van der Waals surface area contributed by atoms with Gasteiger partial charge in [0, 0.05) is 19.6 Å². The highest BCUT2D eigenvalue weighted by atomic mass is 16.5. The summed E-state index contributed by atoms with van der Waals surface area (Å²) in [6, 6.07) is 0. The summed E-state index contributed by atoms with van der Waals surface area (Å²) < 4.78 is 6.20. The smallest absolute Gasteiger partial charge is 0.307 e. The zero-order valence-electron chi connectivity index (χ0n) is 13.1. The molecule has 0 aromatic carbocycles. The molecule has 0 unspecified atom stereocenters. The summed E-state index contributed by atoms with van der Waals surface area (Å²) in [7, 11) is 1.33. The van der Waals surface area contributed by atoms with Crippen LogP contribution < -0.4 is 5.73 Å². The number of esters is 1. The minimum absolute atomic E-state index is 0.162. The van der Waals surface area contributed by atoms with Crippen molar-refractivity contribution in [2.45, 2.75) is 33.7 Å². The molecule has 0 saturated heterocycles. The Kier molecular flexibility index (Phi) is 6.20. The lowest BCUT2D eigenvalue weighted by Crippen LogP contribution is -2.37. The Morgan fingerprint density at radius 1 is 1.48 bits per heavy atom. The molecule has 1 heterocycles. The minimum Gasteiger partial charge on any atom is -0.469 e. The fourth-order valence-electron chi connectivity index (χ4n) is 2.07. The number of rotatable bonds is 7. The van der Waals surface area contributed by atoms with Crippen LogP contribution in [0.5, 0.6) is 0 Å². The summed E-state index contributed by atoms with van der Waals surface area (Å²) in [5, 5.41) is 4.08. The average Bonchev–Trinajstić information content (AvgIpc) is 2.82. The summed E-state index contributed by atoms with van der Waals surface area (Å²) in [4.78, 5) is 25.6. The van der Waals surface area contributed by atoms with Crippen molar-refractivity contribution >= 4 is 17.6 Å². The molecule has 7 heteroatoms. The molecule has 1 aromatic heterocycles. The van der Waals surface area contributed by atoms with Crippen molar-refractivity contribution in [1.82, 2.24) is 14.7 Å². The Morgan fingerprint density at radius 3 is 2.67 bits per heavy atom. The van der Waals surface area contributed by atoms with Crippen molar-refractivity contribution < 1.29 is 14.3 Å². The van der Waals surface area contributed by atoms with E-state index in [0.717, 1.165) is 0 Å². The van der Waals surface area contributed by atoms with Gasteiger partial charge in [0.1, 0.15) is 5.69 Å². The van der Waals surface area contributed by atoms with E-state index in [2.05, 4.69) is 9.84 Å². The Morgan fingerprint density at radius 2 is 2.14 bits per heavy atom. The van der Waals surface area contributed by atoms with E-state index in [1.54, 1.807) is 9.58 Å². The molecule has 0 bridgehead atoms. The highest BCUT2D eigenvalue weighted by Gasteiger charge is 2.23. The second-order valence-electron chi connectivity index (χ2n) is 5.24. The van der Waals surface area contributed by atoms with E-state index in [1.807, 2.05) is 20.8 Å². The van der Waals surface area contributed by atoms with Crippen molar-refractivity contribution in [3.05, 3.63) is 11.9 Å². The first-order valence-electron chi connectivity index (χ1n) is 7.08. The van der Waals surface area contributed by atoms with Gasteiger partial charge in [-0.25, -0.2) is 0 Å². The SMILES string of the molecule is CCn1ncc(N)c1C(=O)N(CCC(=O)OC)CC(C)C. The van der Waals surface area contributed by atoms with Crippen molar-refractivity contribution in [3.8, 4) is 0 Å². The quantitative estimate of drug-likeness (QED) is 0.762. The van der Waals surface area contributed by atoms with Crippen LogP contribution >= 0.6 is 0 Å². The third-order valence-corrected chi connectivity index (χ3v) is 3.06. The Bertz CT molecular complexity index is 496. The van der Waals surface area contributed by atoms with E-state index in [-0.39, 0.29) is 24.2 Å². The zero-order chi connectivity index (χ0) is 16.0. The fourth-order valence-corrected chi connectivity index (χ4v) is 2.07. The van der Waals surface area contributed by atoms with E-state index in [0.29, 0.717) is 31.0 Å². The van der Waals surface area contributed by atoms with Crippen LogP contribution in [0.25, 0.3) is 0 Å². The van der Waals surface area contributed by atoms with Gasteiger partial charge in [0.25, 0.3) is 5.91 Å². The largest absolute Gasteiger partial charge is 0.469 e. The van der Waals surface area contributed by atoms with Crippen molar-refractivity contribution in [2.24, 2.45) is 5.92 Å². The monoisotopic (exact) mass is 296 g/mol. The lowest BCUT2D eigenvalue weighted by molar-refractivity contribution is -0.140. The summed E-state index contributed by atoms with van der Waals surface area (Å²) in [5.74, 6) is -0.260. The second kappa shape index (κ2) is 7.66. The summed E-state index contributed by atoms with van der Waals surface area (Å²) in [6.45, 7) is 7.33. The maximum atomic E-state index is 12.7. The van der Waals surface area contributed by atoms with Gasteiger partial charge >= 0.3 is 5.97 Å². The number of anilines is 1. The van der Waals surface area contributed by atoms with E-state index in [9.17, 15) is 9.59 Å². The lowest BCUT2D eigenvalue weighted by Gasteiger charge is -2.24. The summed E-state index contributed by atoms with van der Waals surface area (Å²) in [6.07, 6.45) is 1.64. The standard InChI is InChI=1S/C14H24N4O3/c1-5-18-13(11(15)8-16-18)14(20)17(9-10(2)3)7-6-12(19)21-4/h8,10H,5-7,9,15H2,1-4H3.